The summed E-state index contributed by atoms with van der Waals surface area (Å²) in [6, 6.07) is 15.6. The highest BCUT2D eigenvalue weighted by Crippen LogP contribution is 2.32. The van der Waals surface area contributed by atoms with Crippen LogP contribution in [0.4, 0.5) is 0 Å². The van der Waals surface area contributed by atoms with Gasteiger partial charge in [-0.05, 0) is 23.4 Å². The Morgan fingerprint density at radius 3 is 2.35 bits per heavy atom. The summed E-state index contributed by atoms with van der Waals surface area (Å²) in [5.74, 6) is -0.382. The van der Waals surface area contributed by atoms with E-state index in [9.17, 15) is 4.79 Å². The molecule has 0 radical (unpaired) electrons. The molecule has 0 bridgehead atoms. The van der Waals surface area contributed by atoms with Gasteiger partial charge in [0.25, 0.3) is 0 Å². The zero-order valence-corrected chi connectivity index (χ0v) is 10.3. The third-order valence-corrected chi connectivity index (χ3v) is 3.42. The highest BCUT2D eigenvalue weighted by Gasteiger charge is 2.12. The van der Waals surface area contributed by atoms with Crippen molar-refractivity contribution in [2.45, 2.75) is 4.90 Å². The van der Waals surface area contributed by atoms with E-state index in [4.69, 9.17) is 5.73 Å². The third-order valence-electron chi connectivity index (χ3n) is 2.57. The number of amides is 1. The van der Waals surface area contributed by atoms with Crippen LogP contribution in [0, 0.1) is 0 Å². The minimum Gasteiger partial charge on any atom is -0.366 e. The average Bonchev–Trinajstić information content (AvgIpc) is 2.38. The largest absolute Gasteiger partial charge is 0.366 e. The second-order valence-electron chi connectivity index (χ2n) is 3.62. The number of primary amides is 1. The fourth-order valence-corrected chi connectivity index (χ4v) is 2.59. The molecule has 0 atom stereocenters. The van der Waals surface area contributed by atoms with Crippen molar-refractivity contribution in [1.82, 2.24) is 0 Å². The topological polar surface area (TPSA) is 43.1 Å². The molecule has 0 spiro atoms. The van der Waals surface area contributed by atoms with Gasteiger partial charge in [0.05, 0.1) is 5.56 Å². The summed E-state index contributed by atoms with van der Waals surface area (Å²) in [7, 11) is 0. The Hall–Kier alpha value is -1.74. The van der Waals surface area contributed by atoms with Gasteiger partial charge in [-0.3, -0.25) is 4.79 Å². The third kappa shape index (κ3) is 2.34. The van der Waals surface area contributed by atoms with E-state index in [1.54, 1.807) is 17.8 Å². The molecule has 0 heterocycles. The van der Waals surface area contributed by atoms with Crippen LogP contribution < -0.4 is 5.73 Å². The van der Waals surface area contributed by atoms with Gasteiger partial charge in [-0.25, -0.2) is 0 Å². The summed E-state index contributed by atoms with van der Waals surface area (Å²) in [6.45, 7) is 0. The van der Waals surface area contributed by atoms with Gasteiger partial charge in [0.2, 0.25) is 5.91 Å². The standard InChI is InChI=1S/C14H13NOS/c1-17-13-11(10-6-3-2-4-7-10)8-5-9-12(13)14(15)16/h2-9H,1H3,(H2,15,16). The molecule has 0 aliphatic heterocycles. The minimum absolute atomic E-state index is 0.382. The normalized spacial score (nSPS) is 10.2. The first kappa shape index (κ1) is 11.7. The van der Waals surface area contributed by atoms with Crippen molar-refractivity contribution in [3.05, 3.63) is 54.1 Å². The van der Waals surface area contributed by atoms with Crippen LogP contribution in [0.1, 0.15) is 10.4 Å². The Morgan fingerprint density at radius 1 is 1.06 bits per heavy atom. The monoisotopic (exact) mass is 243 g/mol. The molecule has 0 aliphatic carbocycles. The van der Waals surface area contributed by atoms with E-state index in [1.165, 1.54) is 0 Å². The number of rotatable bonds is 3. The van der Waals surface area contributed by atoms with Crippen LogP contribution in [0.2, 0.25) is 0 Å². The van der Waals surface area contributed by atoms with Gasteiger partial charge in [0, 0.05) is 4.90 Å². The summed E-state index contributed by atoms with van der Waals surface area (Å²) in [5, 5.41) is 0. The van der Waals surface area contributed by atoms with E-state index in [2.05, 4.69) is 0 Å². The lowest BCUT2D eigenvalue weighted by atomic mass is 10.0. The first-order valence-corrected chi connectivity index (χ1v) is 6.48. The first-order valence-electron chi connectivity index (χ1n) is 5.26. The second-order valence-corrected chi connectivity index (χ2v) is 4.43. The van der Waals surface area contributed by atoms with Crippen LogP contribution in [-0.4, -0.2) is 12.2 Å². The minimum atomic E-state index is -0.382. The van der Waals surface area contributed by atoms with E-state index in [0.717, 1.165) is 16.0 Å². The molecule has 0 saturated heterocycles. The van der Waals surface area contributed by atoms with Crippen molar-refractivity contribution < 1.29 is 4.79 Å². The van der Waals surface area contributed by atoms with E-state index in [1.807, 2.05) is 48.7 Å². The van der Waals surface area contributed by atoms with Gasteiger partial charge >= 0.3 is 0 Å². The Balaban J connectivity index is 2.63. The Bertz CT molecular complexity index is 537. The van der Waals surface area contributed by atoms with E-state index in [-0.39, 0.29) is 5.91 Å². The molecule has 17 heavy (non-hydrogen) atoms. The number of carbonyl (C=O) groups is 1. The first-order chi connectivity index (χ1) is 8.24. The zero-order valence-electron chi connectivity index (χ0n) is 9.51. The number of thioether (sulfide) groups is 1. The maximum atomic E-state index is 11.4. The number of hydrogen-bond acceptors (Lipinski definition) is 2. The van der Waals surface area contributed by atoms with Crippen LogP contribution in [0.3, 0.4) is 0 Å². The SMILES string of the molecule is CSc1c(C(N)=O)cccc1-c1ccccc1. The molecule has 0 aromatic heterocycles. The number of benzene rings is 2. The Kier molecular flexibility index (Phi) is 3.49. The van der Waals surface area contributed by atoms with Gasteiger partial charge in [0.1, 0.15) is 0 Å². The molecule has 2 aromatic carbocycles. The van der Waals surface area contributed by atoms with Crippen molar-refractivity contribution in [1.29, 1.82) is 0 Å². The average molecular weight is 243 g/mol. The summed E-state index contributed by atoms with van der Waals surface area (Å²) < 4.78 is 0. The van der Waals surface area contributed by atoms with E-state index >= 15 is 0 Å². The van der Waals surface area contributed by atoms with Crippen LogP contribution >= 0.6 is 11.8 Å². The zero-order chi connectivity index (χ0) is 12.3. The van der Waals surface area contributed by atoms with Crippen molar-refractivity contribution in [3.8, 4) is 11.1 Å². The summed E-state index contributed by atoms with van der Waals surface area (Å²) in [5.41, 5.74) is 8.11. The van der Waals surface area contributed by atoms with Crippen LogP contribution in [0.25, 0.3) is 11.1 Å². The molecule has 2 aromatic rings. The molecule has 0 unspecified atom stereocenters. The predicted molar refractivity (Wildman–Crippen MR) is 72.2 cm³/mol. The highest BCUT2D eigenvalue weighted by atomic mass is 32.2. The lowest BCUT2D eigenvalue weighted by molar-refractivity contribution is 0.0997. The summed E-state index contributed by atoms with van der Waals surface area (Å²) in [6.07, 6.45) is 1.95. The predicted octanol–water partition coefficient (Wildman–Crippen LogP) is 3.17. The molecular weight excluding hydrogens is 230 g/mol. The van der Waals surface area contributed by atoms with Crippen LogP contribution in [0.5, 0.6) is 0 Å². The summed E-state index contributed by atoms with van der Waals surface area (Å²) >= 11 is 1.54. The second kappa shape index (κ2) is 5.06. The molecule has 2 rings (SSSR count). The number of hydrogen-bond donors (Lipinski definition) is 1. The van der Waals surface area contributed by atoms with Gasteiger partial charge in [-0.2, -0.15) is 0 Å². The molecule has 0 saturated carbocycles. The maximum Gasteiger partial charge on any atom is 0.249 e. The van der Waals surface area contributed by atoms with E-state index < -0.39 is 0 Å². The molecule has 86 valence electrons. The van der Waals surface area contributed by atoms with Crippen LogP contribution in [-0.2, 0) is 0 Å². The lowest BCUT2D eigenvalue weighted by Crippen LogP contribution is -2.12. The van der Waals surface area contributed by atoms with Gasteiger partial charge < -0.3 is 5.73 Å². The molecule has 2 N–H and O–H groups in total. The van der Waals surface area contributed by atoms with Crippen molar-refractivity contribution in [2.24, 2.45) is 5.73 Å². The van der Waals surface area contributed by atoms with Crippen LogP contribution in [0.15, 0.2) is 53.4 Å². The van der Waals surface area contributed by atoms with E-state index in [0.29, 0.717) is 5.56 Å². The maximum absolute atomic E-state index is 11.4. The molecular formula is C14H13NOS. The van der Waals surface area contributed by atoms with Crippen molar-refractivity contribution in [2.75, 3.05) is 6.26 Å². The molecule has 3 heteroatoms. The Morgan fingerprint density at radius 2 is 1.76 bits per heavy atom. The molecule has 0 aliphatic rings. The highest BCUT2D eigenvalue weighted by molar-refractivity contribution is 7.98. The lowest BCUT2D eigenvalue weighted by Gasteiger charge is -2.10. The number of carbonyl (C=O) groups excluding carboxylic acids is 1. The fourth-order valence-electron chi connectivity index (χ4n) is 1.80. The summed E-state index contributed by atoms with van der Waals surface area (Å²) in [4.78, 5) is 12.3. The quantitative estimate of drug-likeness (QED) is 0.841. The van der Waals surface area contributed by atoms with Gasteiger partial charge in [-0.15, -0.1) is 11.8 Å². The molecule has 1 amide bonds. The Labute approximate surface area is 105 Å². The van der Waals surface area contributed by atoms with Gasteiger partial charge in [-0.1, -0.05) is 42.5 Å². The van der Waals surface area contributed by atoms with Crippen molar-refractivity contribution >= 4 is 17.7 Å². The fraction of sp³-hybridized carbons (Fsp3) is 0.0714. The van der Waals surface area contributed by atoms with Gasteiger partial charge in [0.15, 0.2) is 0 Å². The molecule has 2 nitrogen and oxygen atoms in total. The molecule has 0 fully saturated rings. The number of nitrogens with two attached hydrogens (primary N) is 1. The smallest absolute Gasteiger partial charge is 0.249 e. The van der Waals surface area contributed by atoms with Crippen molar-refractivity contribution in [3.63, 3.8) is 0 Å².